The van der Waals surface area contributed by atoms with Crippen LogP contribution in [0.2, 0.25) is 0 Å². The number of benzene rings is 2. The van der Waals surface area contributed by atoms with Crippen LogP contribution in [-0.4, -0.2) is 27.2 Å². The largest absolute Gasteiger partial charge is 0.497 e. The first-order valence-corrected chi connectivity index (χ1v) is 9.44. The molecule has 0 spiro atoms. The fourth-order valence-electron chi connectivity index (χ4n) is 3.10. The summed E-state index contributed by atoms with van der Waals surface area (Å²) in [6.07, 6.45) is -0.137. The minimum atomic E-state index is -3.70. The normalized spacial score (nSPS) is 23.0. The van der Waals surface area contributed by atoms with Gasteiger partial charge < -0.3 is 14.2 Å². The molecular weight excluding hydrogens is 342 g/mol. The Labute approximate surface area is 146 Å². The highest BCUT2D eigenvalue weighted by Crippen LogP contribution is 2.53. The van der Waals surface area contributed by atoms with Crippen molar-refractivity contribution in [1.82, 2.24) is 0 Å². The number of epoxide rings is 1. The topological polar surface area (TPSA) is 77.2 Å². The van der Waals surface area contributed by atoms with Crippen molar-refractivity contribution >= 4 is 15.7 Å². The molecule has 1 fully saturated rings. The van der Waals surface area contributed by atoms with Crippen molar-refractivity contribution in [2.45, 2.75) is 36.6 Å². The van der Waals surface area contributed by atoms with Crippen LogP contribution < -0.4 is 14.2 Å². The van der Waals surface area contributed by atoms with Crippen molar-refractivity contribution in [2.75, 3.05) is 11.8 Å². The molecule has 0 aliphatic carbocycles. The van der Waals surface area contributed by atoms with Gasteiger partial charge in [0.1, 0.15) is 29.3 Å². The molecule has 132 valence electrons. The average molecular weight is 361 g/mol. The number of ether oxygens (including phenoxy) is 3. The van der Waals surface area contributed by atoms with Crippen molar-refractivity contribution in [2.24, 2.45) is 0 Å². The molecule has 2 aliphatic rings. The Bertz CT molecular complexity index is 921. The predicted molar refractivity (Wildman–Crippen MR) is 92.6 cm³/mol. The molecule has 1 N–H and O–H groups in total. The summed E-state index contributed by atoms with van der Waals surface area (Å²) in [7, 11) is -2.14. The highest BCUT2D eigenvalue weighted by molar-refractivity contribution is 7.92. The molecule has 0 aromatic heterocycles. The third-order valence-electron chi connectivity index (χ3n) is 4.49. The van der Waals surface area contributed by atoms with E-state index in [1.54, 1.807) is 49.6 Å². The molecule has 2 atom stereocenters. The lowest BCUT2D eigenvalue weighted by molar-refractivity contribution is 0.0724. The second-order valence-electron chi connectivity index (χ2n) is 6.72. The predicted octanol–water partition coefficient (Wildman–Crippen LogP) is 3.11. The first kappa shape index (κ1) is 16.2. The molecule has 2 unspecified atom stereocenters. The van der Waals surface area contributed by atoms with Gasteiger partial charge in [0.2, 0.25) is 0 Å². The lowest BCUT2D eigenvalue weighted by Crippen LogP contribution is -2.37. The molecule has 2 aromatic rings. The number of rotatable bonds is 4. The van der Waals surface area contributed by atoms with E-state index in [2.05, 4.69) is 4.72 Å². The van der Waals surface area contributed by atoms with E-state index >= 15 is 0 Å². The molecule has 7 heteroatoms. The smallest absolute Gasteiger partial charge is 0.261 e. The maximum absolute atomic E-state index is 12.7. The third-order valence-corrected chi connectivity index (χ3v) is 5.87. The first-order valence-electron chi connectivity index (χ1n) is 7.95. The lowest BCUT2D eigenvalue weighted by atomic mass is 9.94. The molecule has 2 heterocycles. The summed E-state index contributed by atoms with van der Waals surface area (Å²) in [5, 5.41) is 0. The lowest BCUT2D eigenvalue weighted by Gasteiger charge is -2.29. The fourth-order valence-corrected chi connectivity index (χ4v) is 4.19. The van der Waals surface area contributed by atoms with Gasteiger partial charge in [-0.25, -0.2) is 8.42 Å². The molecule has 0 amide bonds. The maximum atomic E-state index is 12.7. The van der Waals surface area contributed by atoms with Gasteiger partial charge >= 0.3 is 0 Å². The SMILES string of the molecule is COc1ccc(NS(=O)(=O)c2ccc3c(c2)C2OC2C(C)(C)O3)cc1. The Morgan fingerprint density at radius 2 is 1.84 bits per heavy atom. The molecule has 6 nitrogen and oxygen atoms in total. The van der Waals surface area contributed by atoms with E-state index in [0.29, 0.717) is 17.2 Å². The molecule has 4 rings (SSSR count). The summed E-state index contributed by atoms with van der Waals surface area (Å²) in [5.41, 5.74) is 0.845. The third kappa shape index (κ3) is 2.83. The highest BCUT2D eigenvalue weighted by atomic mass is 32.2. The van der Waals surface area contributed by atoms with Gasteiger partial charge in [-0.05, 0) is 56.3 Å². The molecule has 25 heavy (non-hydrogen) atoms. The summed E-state index contributed by atoms with van der Waals surface area (Å²) in [5.74, 6) is 1.33. The molecule has 1 saturated heterocycles. The standard InChI is InChI=1S/C18H19NO5S/c1-18(2)17-16(23-17)14-10-13(8-9-15(14)24-18)25(20,21)19-11-4-6-12(22-3)7-5-11/h4-10,16-17,19H,1-3H3. The number of fused-ring (bicyclic) bond motifs is 3. The van der Waals surface area contributed by atoms with Crippen LogP contribution in [0.25, 0.3) is 0 Å². The van der Waals surface area contributed by atoms with Gasteiger partial charge in [-0.1, -0.05) is 0 Å². The van der Waals surface area contributed by atoms with E-state index in [-0.39, 0.29) is 17.1 Å². The van der Waals surface area contributed by atoms with E-state index in [1.165, 1.54) is 0 Å². The van der Waals surface area contributed by atoms with E-state index in [0.717, 1.165) is 5.56 Å². The quantitative estimate of drug-likeness (QED) is 0.847. The van der Waals surface area contributed by atoms with Gasteiger partial charge in [0, 0.05) is 11.3 Å². The first-order chi connectivity index (χ1) is 11.8. The van der Waals surface area contributed by atoms with Crippen LogP contribution in [0.15, 0.2) is 47.4 Å². The summed E-state index contributed by atoms with van der Waals surface area (Å²) in [6.45, 7) is 3.94. The summed E-state index contributed by atoms with van der Waals surface area (Å²) < 4.78 is 44.6. The number of anilines is 1. The van der Waals surface area contributed by atoms with Crippen LogP contribution in [0, 0.1) is 0 Å². The second kappa shape index (κ2) is 5.37. The zero-order chi connectivity index (χ0) is 17.8. The fraction of sp³-hybridized carbons (Fsp3) is 0.333. The van der Waals surface area contributed by atoms with Crippen LogP contribution in [-0.2, 0) is 14.8 Å². The molecule has 2 aliphatic heterocycles. The second-order valence-corrected chi connectivity index (χ2v) is 8.40. The van der Waals surface area contributed by atoms with Crippen LogP contribution in [0.4, 0.5) is 5.69 Å². The zero-order valence-electron chi connectivity index (χ0n) is 14.1. The molecular formula is C18H19NO5S. The number of methoxy groups -OCH3 is 1. The Morgan fingerprint density at radius 1 is 1.12 bits per heavy atom. The molecule has 0 bridgehead atoms. The van der Waals surface area contributed by atoms with E-state index in [4.69, 9.17) is 14.2 Å². The number of sulfonamides is 1. The Kier molecular flexibility index (Phi) is 3.49. The summed E-state index contributed by atoms with van der Waals surface area (Å²) >= 11 is 0. The number of hydrogen-bond donors (Lipinski definition) is 1. The van der Waals surface area contributed by atoms with Crippen LogP contribution >= 0.6 is 0 Å². The molecule has 2 aromatic carbocycles. The number of hydrogen-bond acceptors (Lipinski definition) is 5. The van der Waals surface area contributed by atoms with E-state index in [9.17, 15) is 8.42 Å². The van der Waals surface area contributed by atoms with Gasteiger partial charge in [0.25, 0.3) is 10.0 Å². The summed E-state index contributed by atoms with van der Waals surface area (Å²) in [4.78, 5) is 0.180. The van der Waals surface area contributed by atoms with Crippen molar-refractivity contribution in [3.63, 3.8) is 0 Å². The Morgan fingerprint density at radius 3 is 2.52 bits per heavy atom. The van der Waals surface area contributed by atoms with Crippen LogP contribution in [0.5, 0.6) is 11.5 Å². The number of nitrogens with one attached hydrogen (secondary N) is 1. The van der Waals surface area contributed by atoms with Crippen LogP contribution in [0.3, 0.4) is 0 Å². The van der Waals surface area contributed by atoms with E-state index in [1.807, 2.05) is 13.8 Å². The van der Waals surface area contributed by atoms with Gasteiger partial charge in [-0.2, -0.15) is 0 Å². The molecule has 0 radical (unpaired) electrons. The van der Waals surface area contributed by atoms with Gasteiger partial charge in [-0.3, -0.25) is 4.72 Å². The Balaban J connectivity index is 1.62. The zero-order valence-corrected chi connectivity index (χ0v) is 15.0. The average Bonchev–Trinajstić information content (AvgIpc) is 3.36. The van der Waals surface area contributed by atoms with Gasteiger partial charge in [0.15, 0.2) is 0 Å². The van der Waals surface area contributed by atoms with E-state index < -0.39 is 15.6 Å². The minimum Gasteiger partial charge on any atom is -0.497 e. The van der Waals surface area contributed by atoms with Crippen molar-refractivity contribution < 1.29 is 22.6 Å². The minimum absolute atomic E-state index is 0.0347. The van der Waals surface area contributed by atoms with Gasteiger partial charge in [0.05, 0.1) is 12.0 Å². The van der Waals surface area contributed by atoms with Gasteiger partial charge in [-0.15, -0.1) is 0 Å². The highest BCUT2D eigenvalue weighted by Gasteiger charge is 2.56. The molecule has 0 saturated carbocycles. The van der Waals surface area contributed by atoms with Crippen molar-refractivity contribution in [3.05, 3.63) is 48.0 Å². The monoisotopic (exact) mass is 361 g/mol. The van der Waals surface area contributed by atoms with Crippen molar-refractivity contribution in [1.29, 1.82) is 0 Å². The maximum Gasteiger partial charge on any atom is 0.261 e. The van der Waals surface area contributed by atoms with Crippen molar-refractivity contribution in [3.8, 4) is 11.5 Å². The Hall–Kier alpha value is -2.25. The van der Waals surface area contributed by atoms with Crippen LogP contribution in [0.1, 0.15) is 25.5 Å². The summed E-state index contributed by atoms with van der Waals surface area (Å²) in [6, 6.07) is 11.6.